The molecule has 0 spiro atoms. The van der Waals surface area contributed by atoms with E-state index in [1.165, 1.54) is 12.8 Å². The summed E-state index contributed by atoms with van der Waals surface area (Å²) in [5, 5.41) is 7.25. The van der Waals surface area contributed by atoms with Crippen LogP contribution in [0.15, 0.2) is 6.07 Å². The van der Waals surface area contributed by atoms with Gasteiger partial charge in [-0.2, -0.15) is 5.10 Å². The van der Waals surface area contributed by atoms with Crippen molar-refractivity contribution in [2.45, 2.75) is 31.6 Å². The van der Waals surface area contributed by atoms with Crippen molar-refractivity contribution in [3.05, 3.63) is 17.5 Å². The topological polar surface area (TPSA) is 67.2 Å². The summed E-state index contributed by atoms with van der Waals surface area (Å²) in [6, 6.07) is 1.88. The van der Waals surface area contributed by atoms with Crippen molar-refractivity contribution in [1.82, 2.24) is 20.0 Å². The first-order valence-electron chi connectivity index (χ1n) is 7.25. The molecule has 6 nitrogen and oxygen atoms in total. The summed E-state index contributed by atoms with van der Waals surface area (Å²) in [6.07, 6.45) is 3.92. The van der Waals surface area contributed by atoms with E-state index in [1.807, 2.05) is 6.07 Å². The van der Waals surface area contributed by atoms with Gasteiger partial charge in [0.15, 0.2) is 0 Å². The Morgan fingerprint density at radius 3 is 2.95 bits per heavy atom. The van der Waals surface area contributed by atoms with E-state index in [0.717, 1.165) is 18.7 Å². The number of likely N-dealkylation sites (tertiary alicyclic amines) is 1. The fourth-order valence-electron chi connectivity index (χ4n) is 2.62. The summed E-state index contributed by atoms with van der Waals surface area (Å²) >= 11 is 0. The third-order valence-corrected chi connectivity index (χ3v) is 3.97. The Morgan fingerprint density at radius 2 is 2.30 bits per heavy atom. The van der Waals surface area contributed by atoms with Gasteiger partial charge in [-0.25, -0.2) is 0 Å². The second-order valence-corrected chi connectivity index (χ2v) is 5.59. The van der Waals surface area contributed by atoms with E-state index >= 15 is 0 Å². The van der Waals surface area contributed by atoms with Crippen molar-refractivity contribution >= 4 is 11.8 Å². The van der Waals surface area contributed by atoms with Crippen LogP contribution in [0.5, 0.6) is 0 Å². The lowest BCUT2D eigenvalue weighted by Crippen LogP contribution is -2.36. The molecule has 2 amide bonds. The second kappa shape index (κ2) is 5.26. The van der Waals surface area contributed by atoms with Crippen LogP contribution in [0.4, 0.5) is 0 Å². The van der Waals surface area contributed by atoms with Gasteiger partial charge < -0.3 is 10.2 Å². The number of aryl methyl sites for hydroxylation is 1. The van der Waals surface area contributed by atoms with E-state index < -0.39 is 0 Å². The Hall–Kier alpha value is -1.85. The average molecular weight is 276 g/mol. The molecule has 2 heterocycles. The molecular weight excluding hydrogens is 256 g/mol. The van der Waals surface area contributed by atoms with Gasteiger partial charge in [0.05, 0.1) is 5.69 Å². The molecule has 1 aliphatic heterocycles. The molecule has 0 atom stereocenters. The molecule has 0 radical (unpaired) electrons. The third-order valence-electron chi connectivity index (χ3n) is 3.97. The maximum atomic E-state index is 12.1. The van der Waals surface area contributed by atoms with Crippen LogP contribution in [-0.2, 0) is 11.8 Å². The van der Waals surface area contributed by atoms with Crippen molar-refractivity contribution in [2.75, 3.05) is 19.6 Å². The highest BCUT2D eigenvalue weighted by atomic mass is 16.2. The summed E-state index contributed by atoms with van der Waals surface area (Å²) < 4.78 is 1.64. The molecule has 6 heteroatoms. The van der Waals surface area contributed by atoms with Gasteiger partial charge in [0.1, 0.15) is 5.69 Å². The molecule has 1 saturated heterocycles. The summed E-state index contributed by atoms with van der Waals surface area (Å²) in [6.45, 7) is 1.90. The molecule has 1 aromatic rings. The second-order valence-electron chi connectivity index (χ2n) is 5.59. The standard InChI is InChI=1S/C14H20N4O2/c1-17-12(9-11(16-17)10-4-5-10)14(20)15-6-8-18-7-2-3-13(18)19/h9-10H,2-8H2,1H3,(H,15,20). The lowest BCUT2D eigenvalue weighted by Gasteiger charge is -2.15. The van der Waals surface area contributed by atoms with E-state index in [4.69, 9.17) is 0 Å². The molecular formula is C14H20N4O2. The van der Waals surface area contributed by atoms with Crippen LogP contribution in [0.2, 0.25) is 0 Å². The number of hydrogen-bond donors (Lipinski definition) is 1. The molecule has 3 rings (SSSR count). The molecule has 2 fully saturated rings. The Balaban J connectivity index is 1.52. The molecule has 0 aromatic carbocycles. The predicted molar refractivity (Wildman–Crippen MR) is 73.3 cm³/mol. The lowest BCUT2D eigenvalue weighted by atomic mass is 10.2. The molecule has 1 aliphatic carbocycles. The number of carbonyl (C=O) groups excluding carboxylic acids is 2. The van der Waals surface area contributed by atoms with Crippen molar-refractivity contribution in [3.8, 4) is 0 Å². The minimum absolute atomic E-state index is 0.112. The number of rotatable bonds is 5. The number of amides is 2. The fourth-order valence-corrected chi connectivity index (χ4v) is 2.62. The van der Waals surface area contributed by atoms with E-state index in [2.05, 4.69) is 10.4 Å². The molecule has 0 unspecified atom stereocenters. The Kier molecular flexibility index (Phi) is 3.46. The first-order valence-corrected chi connectivity index (χ1v) is 7.25. The highest BCUT2D eigenvalue weighted by Crippen LogP contribution is 2.39. The van der Waals surface area contributed by atoms with Crippen LogP contribution >= 0.6 is 0 Å². The Bertz CT molecular complexity index is 533. The van der Waals surface area contributed by atoms with Crippen LogP contribution in [0.3, 0.4) is 0 Å². The van der Waals surface area contributed by atoms with E-state index in [1.54, 1.807) is 16.6 Å². The van der Waals surface area contributed by atoms with Gasteiger partial charge in [-0.15, -0.1) is 0 Å². The molecule has 108 valence electrons. The van der Waals surface area contributed by atoms with E-state index in [9.17, 15) is 9.59 Å². The molecule has 20 heavy (non-hydrogen) atoms. The van der Waals surface area contributed by atoms with Gasteiger partial charge in [0.2, 0.25) is 5.91 Å². The normalized spacial score (nSPS) is 18.6. The van der Waals surface area contributed by atoms with Gasteiger partial charge in [-0.1, -0.05) is 0 Å². The van der Waals surface area contributed by atoms with Crippen molar-refractivity contribution in [3.63, 3.8) is 0 Å². The maximum Gasteiger partial charge on any atom is 0.269 e. The van der Waals surface area contributed by atoms with Crippen LogP contribution < -0.4 is 5.32 Å². The quantitative estimate of drug-likeness (QED) is 0.858. The smallest absolute Gasteiger partial charge is 0.269 e. The highest BCUT2D eigenvalue weighted by Gasteiger charge is 2.28. The fraction of sp³-hybridized carbons (Fsp3) is 0.643. The zero-order valence-corrected chi connectivity index (χ0v) is 11.8. The zero-order chi connectivity index (χ0) is 14.1. The number of nitrogens with zero attached hydrogens (tertiary/aromatic N) is 3. The summed E-state index contributed by atoms with van der Waals surface area (Å²) in [7, 11) is 1.80. The van der Waals surface area contributed by atoms with Crippen LogP contribution in [0.1, 0.15) is 47.8 Å². The minimum atomic E-state index is -0.112. The van der Waals surface area contributed by atoms with Crippen molar-refractivity contribution in [1.29, 1.82) is 0 Å². The number of hydrogen-bond acceptors (Lipinski definition) is 3. The van der Waals surface area contributed by atoms with Crippen molar-refractivity contribution < 1.29 is 9.59 Å². The summed E-state index contributed by atoms with van der Waals surface area (Å²) in [5.41, 5.74) is 1.62. The first kappa shape index (κ1) is 13.1. The molecule has 1 saturated carbocycles. The monoisotopic (exact) mass is 276 g/mol. The van der Waals surface area contributed by atoms with Gasteiger partial charge in [0.25, 0.3) is 5.91 Å². The molecule has 0 bridgehead atoms. The van der Waals surface area contributed by atoms with E-state index in [-0.39, 0.29) is 11.8 Å². The van der Waals surface area contributed by atoms with Gasteiger partial charge >= 0.3 is 0 Å². The summed E-state index contributed by atoms with van der Waals surface area (Å²) in [5.74, 6) is 0.624. The molecule has 1 N–H and O–H groups in total. The Labute approximate surface area is 118 Å². The highest BCUT2D eigenvalue weighted by molar-refractivity contribution is 5.92. The minimum Gasteiger partial charge on any atom is -0.349 e. The SMILES string of the molecule is Cn1nc(C2CC2)cc1C(=O)NCCN1CCCC1=O. The maximum absolute atomic E-state index is 12.1. The summed E-state index contributed by atoms with van der Waals surface area (Å²) in [4.78, 5) is 25.4. The number of aromatic nitrogens is 2. The van der Waals surface area contributed by atoms with E-state index in [0.29, 0.717) is 31.1 Å². The van der Waals surface area contributed by atoms with Gasteiger partial charge in [-0.3, -0.25) is 14.3 Å². The Morgan fingerprint density at radius 1 is 1.50 bits per heavy atom. The van der Waals surface area contributed by atoms with Crippen LogP contribution in [0.25, 0.3) is 0 Å². The molecule has 1 aromatic heterocycles. The number of nitrogens with one attached hydrogen (secondary N) is 1. The first-order chi connectivity index (χ1) is 9.65. The lowest BCUT2D eigenvalue weighted by molar-refractivity contribution is -0.127. The number of carbonyl (C=O) groups is 2. The predicted octanol–water partition coefficient (Wildman–Crippen LogP) is 0.650. The van der Waals surface area contributed by atoms with Crippen LogP contribution in [0, 0.1) is 0 Å². The molecule has 2 aliphatic rings. The van der Waals surface area contributed by atoms with Gasteiger partial charge in [0, 0.05) is 39.0 Å². The van der Waals surface area contributed by atoms with Crippen molar-refractivity contribution in [2.24, 2.45) is 7.05 Å². The van der Waals surface area contributed by atoms with Gasteiger partial charge in [-0.05, 0) is 25.3 Å². The van der Waals surface area contributed by atoms with Crippen LogP contribution in [-0.4, -0.2) is 46.1 Å². The third kappa shape index (κ3) is 2.69. The largest absolute Gasteiger partial charge is 0.349 e. The zero-order valence-electron chi connectivity index (χ0n) is 11.8. The average Bonchev–Trinajstić information content (AvgIpc) is 3.09.